The zero-order valence-electron chi connectivity index (χ0n) is 25.0. The van der Waals surface area contributed by atoms with Crippen LogP contribution in [0.4, 0.5) is 5.69 Å². The molecule has 2 atom stereocenters. The van der Waals surface area contributed by atoms with Gasteiger partial charge in [-0.25, -0.2) is 8.42 Å². The molecule has 0 aliphatic heterocycles. The van der Waals surface area contributed by atoms with Gasteiger partial charge in [0.2, 0.25) is 11.8 Å². The van der Waals surface area contributed by atoms with Crippen molar-refractivity contribution < 1.29 is 22.7 Å². The van der Waals surface area contributed by atoms with Gasteiger partial charge in [0.15, 0.2) is 0 Å². The molecule has 220 valence electrons. The van der Waals surface area contributed by atoms with Crippen LogP contribution in [0.15, 0.2) is 71.6 Å². The molecule has 0 spiro atoms. The van der Waals surface area contributed by atoms with E-state index in [1.165, 1.54) is 4.90 Å². The first kappa shape index (κ1) is 31.7. The number of nitrogens with one attached hydrogen (secondary N) is 1. The number of aryl methyl sites for hydroxylation is 3. The lowest BCUT2D eigenvalue weighted by Gasteiger charge is -2.32. The zero-order valence-corrected chi connectivity index (χ0v) is 25.8. The first-order valence-corrected chi connectivity index (χ1v) is 15.2. The van der Waals surface area contributed by atoms with E-state index in [1.54, 1.807) is 62.6 Å². The summed E-state index contributed by atoms with van der Waals surface area (Å²) >= 11 is 0. The number of amides is 2. The number of hydrogen-bond donors (Lipinski definition) is 1. The lowest BCUT2D eigenvalue weighted by atomic mass is 10.1. The molecule has 0 heterocycles. The summed E-state index contributed by atoms with van der Waals surface area (Å²) in [5, 5.41) is 2.95. The molecule has 0 fully saturated rings. The van der Waals surface area contributed by atoms with E-state index in [0.29, 0.717) is 11.4 Å². The van der Waals surface area contributed by atoms with Crippen molar-refractivity contribution in [2.24, 2.45) is 0 Å². The van der Waals surface area contributed by atoms with Crippen LogP contribution < -0.4 is 14.4 Å². The summed E-state index contributed by atoms with van der Waals surface area (Å²) < 4.78 is 34.4. The Hall–Kier alpha value is -3.85. The smallest absolute Gasteiger partial charge is 0.264 e. The Kier molecular flexibility index (Phi) is 10.6. The SMILES string of the molecule is CC[C@@H](C)NC(=O)[C@H](C)N(Cc1ccc(OC)cc1)C(=O)CN(c1cc(C)cc(C)c1)S(=O)(=O)c1ccc(C)cc1. The maximum atomic E-state index is 14.1. The number of anilines is 1. The summed E-state index contributed by atoms with van der Waals surface area (Å²) in [4.78, 5) is 28.8. The van der Waals surface area contributed by atoms with Gasteiger partial charge in [0.1, 0.15) is 18.3 Å². The van der Waals surface area contributed by atoms with Crippen LogP contribution in [0.25, 0.3) is 0 Å². The van der Waals surface area contributed by atoms with Crippen molar-refractivity contribution in [1.29, 1.82) is 0 Å². The second-order valence-corrected chi connectivity index (χ2v) is 12.4. The summed E-state index contributed by atoms with van der Waals surface area (Å²) in [6.07, 6.45) is 0.736. The van der Waals surface area contributed by atoms with Crippen LogP contribution in [-0.2, 0) is 26.2 Å². The number of sulfonamides is 1. The molecule has 0 aromatic heterocycles. The fourth-order valence-electron chi connectivity index (χ4n) is 4.44. The Balaban J connectivity index is 2.05. The zero-order chi connectivity index (χ0) is 30.3. The van der Waals surface area contributed by atoms with Gasteiger partial charge in [-0.1, -0.05) is 42.8 Å². The molecule has 3 rings (SSSR count). The van der Waals surface area contributed by atoms with Crippen LogP contribution in [0, 0.1) is 20.8 Å². The Bertz CT molecular complexity index is 1430. The average molecular weight is 580 g/mol. The van der Waals surface area contributed by atoms with Gasteiger partial charge in [0.25, 0.3) is 10.0 Å². The molecule has 0 saturated heterocycles. The molecule has 0 bridgehead atoms. The third-order valence-electron chi connectivity index (χ3n) is 7.06. The third-order valence-corrected chi connectivity index (χ3v) is 8.85. The van der Waals surface area contributed by atoms with E-state index in [0.717, 1.165) is 33.0 Å². The quantitative estimate of drug-likeness (QED) is 0.320. The predicted octanol–water partition coefficient (Wildman–Crippen LogP) is 5.15. The Morgan fingerprint density at radius 2 is 1.46 bits per heavy atom. The Morgan fingerprint density at radius 1 is 0.878 bits per heavy atom. The molecule has 1 N–H and O–H groups in total. The van der Waals surface area contributed by atoms with Gasteiger partial charge in [-0.05, 0) is 94.1 Å². The maximum absolute atomic E-state index is 14.1. The summed E-state index contributed by atoms with van der Waals surface area (Å²) in [7, 11) is -2.54. The highest BCUT2D eigenvalue weighted by Gasteiger charge is 2.33. The Morgan fingerprint density at radius 3 is 2.00 bits per heavy atom. The molecule has 0 radical (unpaired) electrons. The van der Waals surface area contributed by atoms with E-state index < -0.39 is 28.5 Å². The van der Waals surface area contributed by atoms with Crippen LogP contribution in [0.3, 0.4) is 0 Å². The summed E-state index contributed by atoms with van der Waals surface area (Å²) in [5.41, 5.74) is 3.82. The minimum absolute atomic E-state index is 0.0726. The fourth-order valence-corrected chi connectivity index (χ4v) is 5.83. The van der Waals surface area contributed by atoms with Crippen LogP contribution >= 0.6 is 0 Å². The van der Waals surface area contributed by atoms with Crippen molar-refractivity contribution in [1.82, 2.24) is 10.2 Å². The number of benzene rings is 3. The summed E-state index contributed by atoms with van der Waals surface area (Å²) in [6, 6.07) is 18.3. The molecule has 2 amide bonds. The van der Waals surface area contributed by atoms with Crippen molar-refractivity contribution in [2.45, 2.75) is 71.5 Å². The lowest BCUT2D eigenvalue weighted by molar-refractivity contribution is -0.139. The Labute approximate surface area is 244 Å². The van der Waals surface area contributed by atoms with Gasteiger partial charge < -0.3 is 15.0 Å². The summed E-state index contributed by atoms with van der Waals surface area (Å²) in [5.74, 6) is -0.137. The highest BCUT2D eigenvalue weighted by atomic mass is 32.2. The van der Waals surface area contributed by atoms with Crippen LogP contribution in [0.5, 0.6) is 5.75 Å². The van der Waals surface area contributed by atoms with E-state index in [4.69, 9.17) is 4.74 Å². The third kappa shape index (κ3) is 8.10. The topological polar surface area (TPSA) is 96.0 Å². The van der Waals surface area contributed by atoms with Crippen LogP contribution in [0.2, 0.25) is 0 Å². The largest absolute Gasteiger partial charge is 0.497 e. The van der Waals surface area contributed by atoms with E-state index >= 15 is 0 Å². The molecular weight excluding hydrogens is 538 g/mol. The monoisotopic (exact) mass is 579 g/mol. The molecule has 41 heavy (non-hydrogen) atoms. The second kappa shape index (κ2) is 13.7. The maximum Gasteiger partial charge on any atom is 0.264 e. The molecule has 3 aromatic carbocycles. The van der Waals surface area contributed by atoms with Crippen molar-refractivity contribution in [3.63, 3.8) is 0 Å². The van der Waals surface area contributed by atoms with Gasteiger partial charge in [-0.2, -0.15) is 0 Å². The number of methoxy groups -OCH3 is 1. The molecule has 9 heteroatoms. The number of rotatable bonds is 12. The van der Waals surface area contributed by atoms with E-state index in [9.17, 15) is 18.0 Å². The van der Waals surface area contributed by atoms with Gasteiger partial charge in [0, 0.05) is 12.6 Å². The highest BCUT2D eigenvalue weighted by Crippen LogP contribution is 2.27. The van der Waals surface area contributed by atoms with Crippen LogP contribution in [-0.4, -0.2) is 50.9 Å². The summed E-state index contributed by atoms with van der Waals surface area (Å²) in [6.45, 7) is 10.8. The van der Waals surface area contributed by atoms with E-state index in [2.05, 4.69) is 5.32 Å². The van der Waals surface area contributed by atoms with Gasteiger partial charge in [-0.15, -0.1) is 0 Å². The van der Waals surface area contributed by atoms with Crippen molar-refractivity contribution in [3.05, 3.63) is 89.0 Å². The number of hydrogen-bond acceptors (Lipinski definition) is 5. The van der Waals surface area contributed by atoms with E-state index in [-0.39, 0.29) is 23.4 Å². The normalized spacial score (nSPS) is 12.8. The van der Waals surface area contributed by atoms with Gasteiger partial charge >= 0.3 is 0 Å². The molecule has 0 aliphatic carbocycles. The van der Waals surface area contributed by atoms with Crippen LogP contribution in [0.1, 0.15) is 49.4 Å². The molecule has 0 saturated carbocycles. The number of nitrogens with zero attached hydrogens (tertiary/aromatic N) is 2. The molecular formula is C32H41N3O5S. The number of ether oxygens (including phenoxy) is 1. The highest BCUT2D eigenvalue weighted by molar-refractivity contribution is 7.92. The van der Waals surface area contributed by atoms with Gasteiger partial charge in [-0.3, -0.25) is 13.9 Å². The molecule has 0 unspecified atom stereocenters. The van der Waals surface area contributed by atoms with Gasteiger partial charge in [0.05, 0.1) is 17.7 Å². The van der Waals surface area contributed by atoms with E-state index in [1.807, 2.05) is 52.8 Å². The minimum Gasteiger partial charge on any atom is -0.497 e. The number of carbonyl (C=O) groups excluding carboxylic acids is 2. The van der Waals surface area contributed by atoms with Crippen molar-refractivity contribution >= 4 is 27.5 Å². The fraction of sp³-hybridized carbons (Fsp3) is 0.375. The van der Waals surface area contributed by atoms with Crippen molar-refractivity contribution in [2.75, 3.05) is 18.0 Å². The first-order valence-electron chi connectivity index (χ1n) is 13.8. The molecule has 0 aliphatic rings. The predicted molar refractivity (Wildman–Crippen MR) is 163 cm³/mol. The molecule has 8 nitrogen and oxygen atoms in total. The standard InChI is InChI=1S/C32H41N3O5S/c1-8-25(5)33-32(37)26(6)34(20-27-11-13-29(40-7)14-12-27)31(36)21-35(28-18-23(3)17-24(4)19-28)41(38,39)30-15-9-22(2)10-16-30/h9-19,25-26H,8,20-21H2,1-7H3,(H,33,37)/t25-,26+/m1/s1. The minimum atomic E-state index is -4.11. The second-order valence-electron chi connectivity index (χ2n) is 10.5. The lowest BCUT2D eigenvalue weighted by Crippen LogP contribution is -2.52. The first-order chi connectivity index (χ1) is 19.3. The number of carbonyl (C=O) groups is 2. The van der Waals surface area contributed by atoms with Crippen molar-refractivity contribution in [3.8, 4) is 5.75 Å². The molecule has 3 aromatic rings. The average Bonchev–Trinajstić information content (AvgIpc) is 2.93.